The molecular weight excluding hydrogens is 366 g/mol. The summed E-state index contributed by atoms with van der Waals surface area (Å²) in [5.74, 6) is -1.06. The predicted octanol–water partition coefficient (Wildman–Crippen LogP) is 4.15. The Kier molecular flexibility index (Phi) is 4.80. The van der Waals surface area contributed by atoms with Crippen molar-refractivity contribution < 1.29 is 14.0 Å². The molecule has 1 aromatic carbocycles. The maximum atomic E-state index is 15.5. The molecule has 1 amide bonds. The summed E-state index contributed by atoms with van der Waals surface area (Å²) < 4.78 is 15.5. The molecule has 0 saturated carbocycles. The van der Waals surface area contributed by atoms with E-state index in [2.05, 4.69) is 10.3 Å². The number of hydrogen-bond acceptors (Lipinski definition) is 3. The van der Waals surface area contributed by atoms with Gasteiger partial charge in [0, 0.05) is 41.2 Å². The lowest BCUT2D eigenvalue weighted by molar-refractivity contribution is -0.134. The van der Waals surface area contributed by atoms with Crippen LogP contribution in [-0.2, 0) is 17.0 Å². The zero-order valence-electron chi connectivity index (χ0n) is 13.4. The van der Waals surface area contributed by atoms with Gasteiger partial charge in [0.25, 0.3) is 5.91 Å². The molecule has 0 bridgehead atoms. The van der Waals surface area contributed by atoms with Gasteiger partial charge in [-0.3, -0.25) is 14.6 Å². The number of carbonyl (C=O) groups is 2. The summed E-state index contributed by atoms with van der Waals surface area (Å²) in [5.41, 5.74) is -0.926. The molecule has 2 aromatic rings. The van der Waals surface area contributed by atoms with Crippen LogP contribution in [0.2, 0.25) is 10.0 Å². The van der Waals surface area contributed by atoms with Crippen LogP contribution in [-0.4, -0.2) is 16.7 Å². The summed E-state index contributed by atoms with van der Waals surface area (Å²) in [6, 6.07) is 6.37. The smallest absolute Gasteiger partial charge is 0.262 e. The number of hydrogen-bond donors (Lipinski definition) is 1. The second-order valence-corrected chi connectivity index (χ2v) is 6.90. The number of halogens is 3. The zero-order valence-corrected chi connectivity index (χ0v) is 14.9. The predicted molar refractivity (Wildman–Crippen MR) is 93.6 cm³/mol. The summed E-state index contributed by atoms with van der Waals surface area (Å²) >= 11 is 11.9. The summed E-state index contributed by atoms with van der Waals surface area (Å²) in [6.45, 7) is 1.79. The Hall–Kier alpha value is -1.98. The fourth-order valence-corrected chi connectivity index (χ4v) is 3.32. The third kappa shape index (κ3) is 3.39. The van der Waals surface area contributed by atoms with Crippen molar-refractivity contribution in [1.82, 2.24) is 10.3 Å². The molecule has 1 aliphatic carbocycles. The lowest BCUT2D eigenvalue weighted by Gasteiger charge is -2.29. The Morgan fingerprint density at radius 2 is 2.12 bits per heavy atom. The highest BCUT2D eigenvalue weighted by Crippen LogP contribution is 2.38. The van der Waals surface area contributed by atoms with Crippen molar-refractivity contribution in [1.29, 1.82) is 0 Å². The molecule has 0 radical (unpaired) electrons. The van der Waals surface area contributed by atoms with Gasteiger partial charge in [-0.15, -0.1) is 0 Å². The summed E-state index contributed by atoms with van der Waals surface area (Å²) in [7, 11) is 0. The number of ketones is 1. The van der Waals surface area contributed by atoms with Crippen molar-refractivity contribution in [3.05, 3.63) is 62.9 Å². The van der Waals surface area contributed by atoms with Gasteiger partial charge in [-0.05, 0) is 36.2 Å². The van der Waals surface area contributed by atoms with Crippen molar-refractivity contribution >= 4 is 34.9 Å². The van der Waals surface area contributed by atoms with Crippen molar-refractivity contribution in [2.24, 2.45) is 0 Å². The standard InChI is InChI=1S/C18H15Cl2FN2O2/c1-10-6-13-16(22-8-10)15(24)4-5-18(13,21)17(25)23-9-11-2-3-12(19)7-14(11)20/h2-3,6-8H,4-5,9H2,1H3,(H,23,25). The minimum absolute atomic E-state index is 0.0269. The van der Waals surface area contributed by atoms with Crippen molar-refractivity contribution in [3.8, 4) is 0 Å². The molecule has 1 atom stereocenters. The average Bonchev–Trinajstić information content (AvgIpc) is 2.57. The third-order valence-corrected chi connectivity index (χ3v) is 4.81. The number of amides is 1. The normalized spacial score (nSPS) is 19.4. The number of Topliss-reactive ketones (excluding diaryl/α,β-unsaturated/α-hetero) is 1. The number of nitrogens with one attached hydrogen (secondary N) is 1. The van der Waals surface area contributed by atoms with Gasteiger partial charge >= 0.3 is 0 Å². The monoisotopic (exact) mass is 380 g/mol. The van der Waals surface area contributed by atoms with Gasteiger partial charge in [0.1, 0.15) is 5.69 Å². The maximum absolute atomic E-state index is 15.5. The van der Waals surface area contributed by atoms with Crippen LogP contribution in [0.15, 0.2) is 30.5 Å². The summed E-state index contributed by atoms with van der Waals surface area (Å²) in [5, 5.41) is 3.43. The molecule has 130 valence electrons. The highest BCUT2D eigenvalue weighted by Gasteiger charge is 2.46. The van der Waals surface area contributed by atoms with Gasteiger partial charge < -0.3 is 5.32 Å². The first-order valence-electron chi connectivity index (χ1n) is 7.73. The van der Waals surface area contributed by atoms with Gasteiger partial charge in [0.05, 0.1) is 0 Å². The van der Waals surface area contributed by atoms with E-state index in [-0.39, 0.29) is 36.4 Å². The number of alkyl halides is 1. The van der Waals surface area contributed by atoms with Crippen LogP contribution in [0.1, 0.15) is 40.0 Å². The number of fused-ring (bicyclic) bond motifs is 1. The third-order valence-electron chi connectivity index (χ3n) is 4.23. The lowest BCUT2D eigenvalue weighted by atomic mass is 9.81. The van der Waals surface area contributed by atoms with Crippen LogP contribution in [0, 0.1) is 6.92 Å². The number of nitrogens with zero attached hydrogens (tertiary/aromatic N) is 1. The Bertz CT molecular complexity index is 872. The molecule has 1 aromatic heterocycles. The van der Waals surface area contributed by atoms with Crippen LogP contribution in [0.5, 0.6) is 0 Å². The molecule has 1 aliphatic rings. The average molecular weight is 381 g/mol. The van der Waals surface area contributed by atoms with Crippen LogP contribution >= 0.6 is 23.2 Å². The first-order valence-corrected chi connectivity index (χ1v) is 8.48. The minimum atomic E-state index is -2.29. The van der Waals surface area contributed by atoms with Crippen molar-refractivity contribution in [3.63, 3.8) is 0 Å². The topological polar surface area (TPSA) is 59.1 Å². The number of benzene rings is 1. The Morgan fingerprint density at radius 1 is 1.36 bits per heavy atom. The van der Waals surface area contributed by atoms with Crippen LogP contribution in [0.25, 0.3) is 0 Å². The van der Waals surface area contributed by atoms with Gasteiger partial charge in [-0.25, -0.2) is 4.39 Å². The number of carbonyl (C=O) groups excluding carboxylic acids is 2. The second kappa shape index (κ2) is 6.73. The van der Waals surface area contributed by atoms with Gasteiger partial charge in [0.15, 0.2) is 5.78 Å². The molecule has 0 aliphatic heterocycles. The molecule has 3 rings (SSSR count). The van der Waals surface area contributed by atoms with E-state index in [1.807, 2.05) is 0 Å². The van der Waals surface area contributed by atoms with E-state index in [1.165, 1.54) is 12.3 Å². The van der Waals surface area contributed by atoms with E-state index < -0.39 is 11.6 Å². The van der Waals surface area contributed by atoms with Crippen LogP contribution in [0.3, 0.4) is 0 Å². The first kappa shape index (κ1) is 17.8. The largest absolute Gasteiger partial charge is 0.349 e. The quantitative estimate of drug-likeness (QED) is 0.869. The molecule has 1 unspecified atom stereocenters. The second-order valence-electron chi connectivity index (χ2n) is 6.05. The maximum Gasteiger partial charge on any atom is 0.262 e. The van der Waals surface area contributed by atoms with Gasteiger partial charge in [-0.2, -0.15) is 0 Å². The molecule has 1 heterocycles. The highest BCUT2D eigenvalue weighted by atomic mass is 35.5. The zero-order chi connectivity index (χ0) is 18.2. The van der Waals surface area contributed by atoms with E-state index >= 15 is 4.39 Å². The number of pyridine rings is 1. The summed E-state index contributed by atoms with van der Waals surface area (Å²) in [4.78, 5) is 28.5. The van der Waals surface area contributed by atoms with E-state index in [4.69, 9.17) is 23.2 Å². The fourth-order valence-electron chi connectivity index (χ4n) is 2.85. The molecule has 4 nitrogen and oxygen atoms in total. The molecule has 0 saturated heterocycles. The van der Waals surface area contributed by atoms with E-state index in [0.717, 1.165) is 0 Å². The van der Waals surface area contributed by atoms with Crippen molar-refractivity contribution in [2.45, 2.75) is 32.0 Å². The molecule has 0 fully saturated rings. The Labute approximate surface area is 154 Å². The first-order chi connectivity index (χ1) is 11.8. The fraction of sp³-hybridized carbons (Fsp3) is 0.278. The molecule has 1 N–H and O–H groups in total. The Balaban J connectivity index is 1.85. The minimum Gasteiger partial charge on any atom is -0.349 e. The summed E-state index contributed by atoms with van der Waals surface area (Å²) in [6.07, 6.45) is 1.23. The number of aromatic nitrogens is 1. The van der Waals surface area contributed by atoms with Crippen LogP contribution in [0.4, 0.5) is 4.39 Å². The van der Waals surface area contributed by atoms with Crippen molar-refractivity contribution in [2.75, 3.05) is 0 Å². The molecule has 25 heavy (non-hydrogen) atoms. The van der Waals surface area contributed by atoms with E-state index in [0.29, 0.717) is 21.2 Å². The molecule has 7 heteroatoms. The number of rotatable bonds is 3. The lowest BCUT2D eigenvalue weighted by Crippen LogP contribution is -2.44. The SMILES string of the molecule is Cc1cnc2c(c1)C(F)(C(=O)NCc1ccc(Cl)cc1Cl)CCC2=O. The molecule has 0 spiro atoms. The van der Waals surface area contributed by atoms with Gasteiger partial charge in [0.2, 0.25) is 5.67 Å². The Morgan fingerprint density at radius 3 is 2.84 bits per heavy atom. The van der Waals surface area contributed by atoms with E-state index in [9.17, 15) is 9.59 Å². The molecular formula is C18H15Cl2FN2O2. The highest BCUT2D eigenvalue weighted by molar-refractivity contribution is 6.35. The van der Waals surface area contributed by atoms with Crippen LogP contribution < -0.4 is 5.32 Å². The number of aryl methyl sites for hydroxylation is 1. The van der Waals surface area contributed by atoms with Gasteiger partial charge in [-0.1, -0.05) is 29.3 Å². The van der Waals surface area contributed by atoms with E-state index in [1.54, 1.807) is 25.1 Å².